The zero-order chi connectivity index (χ0) is 14.5. The molecule has 0 saturated carbocycles. The Morgan fingerprint density at radius 1 is 1.30 bits per heavy atom. The first kappa shape index (κ1) is 14.7. The van der Waals surface area contributed by atoms with Crippen molar-refractivity contribution in [2.75, 3.05) is 6.54 Å². The first-order valence-corrected chi connectivity index (χ1v) is 7.29. The second-order valence-electron chi connectivity index (χ2n) is 5.19. The highest BCUT2D eigenvalue weighted by Crippen LogP contribution is 2.25. The smallest absolute Gasteiger partial charge is 0.231 e. The average molecular weight is 273 g/mol. The summed E-state index contributed by atoms with van der Waals surface area (Å²) in [5.41, 5.74) is 2.20. The van der Waals surface area contributed by atoms with E-state index in [0.717, 1.165) is 24.4 Å². The van der Waals surface area contributed by atoms with Crippen molar-refractivity contribution in [3.63, 3.8) is 0 Å². The summed E-state index contributed by atoms with van der Waals surface area (Å²) >= 11 is 0. The van der Waals surface area contributed by atoms with Crippen LogP contribution in [0.2, 0.25) is 0 Å². The van der Waals surface area contributed by atoms with Crippen LogP contribution < -0.4 is 5.32 Å². The van der Waals surface area contributed by atoms with Crippen molar-refractivity contribution in [3.05, 3.63) is 35.7 Å². The van der Waals surface area contributed by atoms with E-state index in [4.69, 9.17) is 4.52 Å². The molecular formula is C16H23N3O. The van der Waals surface area contributed by atoms with Gasteiger partial charge in [-0.3, -0.25) is 0 Å². The Labute approximate surface area is 120 Å². The van der Waals surface area contributed by atoms with Crippen LogP contribution >= 0.6 is 0 Å². The maximum absolute atomic E-state index is 5.48. The minimum atomic E-state index is 0.251. The first-order valence-electron chi connectivity index (χ1n) is 7.29. The molecular weight excluding hydrogens is 250 g/mol. The summed E-state index contributed by atoms with van der Waals surface area (Å²) in [7, 11) is 0. The number of hydrogen-bond acceptors (Lipinski definition) is 4. The molecule has 20 heavy (non-hydrogen) atoms. The topological polar surface area (TPSA) is 51.0 Å². The van der Waals surface area contributed by atoms with Crippen molar-refractivity contribution in [2.24, 2.45) is 0 Å². The van der Waals surface area contributed by atoms with E-state index >= 15 is 0 Å². The Bertz CT molecular complexity index is 550. The molecule has 1 aromatic heterocycles. The summed E-state index contributed by atoms with van der Waals surface area (Å²) in [6.45, 7) is 9.42. The zero-order valence-electron chi connectivity index (χ0n) is 12.7. The Kier molecular flexibility index (Phi) is 4.90. The summed E-state index contributed by atoms with van der Waals surface area (Å²) in [6, 6.07) is 8.49. The average Bonchev–Trinajstić information content (AvgIpc) is 2.89. The van der Waals surface area contributed by atoms with E-state index in [9.17, 15) is 0 Å². The lowest BCUT2D eigenvalue weighted by atomic mass is 9.98. The fourth-order valence-electron chi connectivity index (χ4n) is 2.49. The standard InChI is InChI=1S/C16H23N3O/c1-5-14(12(4)17-6-2)16-18-15(19-20-16)13-9-7-8-11(3)10-13/h7-10,12,14,17H,5-6H2,1-4H3. The minimum absolute atomic E-state index is 0.251. The van der Waals surface area contributed by atoms with Crippen LogP contribution in [0.3, 0.4) is 0 Å². The van der Waals surface area contributed by atoms with Crippen LogP contribution in [-0.2, 0) is 0 Å². The van der Waals surface area contributed by atoms with Gasteiger partial charge in [-0.1, -0.05) is 42.8 Å². The molecule has 2 rings (SSSR count). The van der Waals surface area contributed by atoms with E-state index in [-0.39, 0.29) is 5.92 Å². The molecule has 0 aliphatic rings. The van der Waals surface area contributed by atoms with Gasteiger partial charge < -0.3 is 9.84 Å². The van der Waals surface area contributed by atoms with Crippen molar-refractivity contribution in [2.45, 2.75) is 46.1 Å². The third kappa shape index (κ3) is 3.25. The number of aryl methyl sites for hydroxylation is 1. The summed E-state index contributed by atoms with van der Waals surface area (Å²) in [4.78, 5) is 4.58. The molecule has 0 fully saturated rings. The minimum Gasteiger partial charge on any atom is -0.339 e. The van der Waals surface area contributed by atoms with Crippen molar-refractivity contribution in [1.82, 2.24) is 15.5 Å². The van der Waals surface area contributed by atoms with Gasteiger partial charge in [0.15, 0.2) is 0 Å². The first-order chi connectivity index (χ1) is 9.65. The maximum atomic E-state index is 5.48. The Hall–Kier alpha value is -1.68. The number of benzene rings is 1. The predicted molar refractivity (Wildman–Crippen MR) is 80.6 cm³/mol. The van der Waals surface area contributed by atoms with Gasteiger partial charge in [-0.15, -0.1) is 0 Å². The maximum Gasteiger partial charge on any atom is 0.231 e. The van der Waals surface area contributed by atoms with E-state index in [1.165, 1.54) is 5.56 Å². The van der Waals surface area contributed by atoms with Crippen molar-refractivity contribution < 1.29 is 4.52 Å². The molecule has 0 bridgehead atoms. The normalized spacial score (nSPS) is 14.2. The third-order valence-corrected chi connectivity index (χ3v) is 3.60. The van der Waals surface area contributed by atoms with Gasteiger partial charge in [0, 0.05) is 11.6 Å². The lowest BCUT2D eigenvalue weighted by molar-refractivity contribution is 0.318. The number of nitrogens with one attached hydrogen (secondary N) is 1. The molecule has 108 valence electrons. The molecule has 2 aromatic rings. The molecule has 0 aliphatic heterocycles. The molecule has 2 unspecified atom stereocenters. The molecule has 0 aliphatic carbocycles. The van der Waals surface area contributed by atoms with Gasteiger partial charge in [-0.2, -0.15) is 4.98 Å². The molecule has 0 spiro atoms. The molecule has 4 nitrogen and oxygen atoms in total. The Morgan fingerprint density at radius 2 is 2.10 bits per heavy atom. The van der Waals surface area contributed by atoms with Gasteiger partial charge in [0.1, 0.15) is 0 Å². The number of aromatic nitrogens is 2. The summed E-state index contributed by atoms with van der Waals surface area (Å²) in [5.74, 6) is 1.64. The van der Waals surface area contributed by atoms with E-state index in [2.05, 4.69) is 55.3 Å². The SMILES string of the molecule is CCNC(C)C(CC)c1nc(-c2cccc(C)c2)no1. The summed E-state index contributed by atoms with van der Waals surface area (Å²) in [6.07, 6.45) is 0.976. The third-order valence-electron chi connectivity index (χ3n) is 3.60. The van der Waals surface area contributed by atoms with Gasteiger partial charge >= 0.3 is 0 Å². The number of nitrogens with zero attached hydrogens (tertiary/aromatic N) is 2. The van der Waals surface area contributed by atoms with E-state index in [0.29, 0.717) is 11.9 Å². The van der Waals surface area contributed by atoms with Crippen LogP contribution in [-0.4, -0.2) is 22.7 Å². The molecule has 2 atom stereocenters. The molecule has 0 saturated heterocycles. The second-order valence-corrected chi connectivity index (χ2v) is 5.19. The van der Waals surface area contributed by atoms with E-state index in [1.54, 1.807) is 0 Å². The van der Waals surface area contributed by atoms with Crippen molar-refractivity contribution in [1.29, 1.82) is 0 Å². The lowest BCUT2D eigenvalue weighted by Gasteiger charge is -2.19. The molecule has 0 amide bonds. The van der Waals surface area contributed by atoms with Gasteiger partial charge in [-0.25, -0.2) is 0 Å². The van der Waals surface area contributed by atoms with Crippen LogP contribution in [0.15, 0.2) is 28.8 Å². The van der Waals surface area contributed by atoms with Crippen LogP contribution in [0.4, 0.5) is 0 Å². The van der Waals surface area contributed by atoms with Crippen LogP contribution in [0, 0.1) is 6.92 Å². The van der Waals surface area contributed by atoms with Gasteiger partial charge in [0.25, 0.3) is 0 Å². The monoisotopic (exact) mass is 273 g/mol. The molecule has 1 aromatic carbocycles. The molecule has 4 heteroatoms. The Balaban J connectivity index is 2.23. The number of hydrogen-bond donors (Lipinski definition) is 1. The van der Waals surface area contributed by atoms with E-state index in [1.807, 2.05) is 12.1 Å². The highest BCUT2D eigenvalue weighted by Gasteiger charge is 2.23. The summed E-state index contributed by atoms with van der Waals surface area (Å²) in [5, 5.41) is 7.55. The van der Waals surface area contributed by atoms with Crippen LogP contribution in [0.25, 0.3) is 11.4 Å². The Morgan fingerprint density at radius 3 is 2.75 bits per heavy atom. The fraction of sp³-hybridized carbons (Fsp3) is 0.500. The number of likely N-dealkylation sites (N-methyl/N-ethyl adjacent to an activating group) is 1. The fourth-order valence-corrected chi connectivity index (χ4v) is 2.49. The highest BCUT2D eigenvalue weighted by atomic mass is 16.5. The largest absolute Gasteiger partial charge is 0.339 e. The van der Waals surface area contributed by atoms with Crippen LogP contribution in [0.1, 0.15) is 44.6 Å². The van der Waals surface area contributed by atoms with Crippen molar-refractivity contribution >= 4 is 0 Å². The molecule has 1 heterocycles. The molecule has 1 N–H and O–H groups in total. The van der Waals surface area contributed by atoms with Gasteiger partial charge in [0.2, 0.25) is 11.7 Å². The quantitative estimate of drug-likeness (QED) is 0.874. The van der Waals surface area contributed by atoms with Gasteiger partial charge in [-0.05, 0) is 32.9 Å². The highest BCUT2D eigenvalue weighted by molar-refractivity contribution is 5.55. The van der Waals surface area contributed by atoms with E-state index < -0.39 is 0 Å². The summed E-state index contributed by atoms with van der Waals surface area (Å²) < 4.78 is 5.48. The van der Waals surface area contributed by atoms with Crippen LogP contribution in [0.5, 0.6) is 0 Å². The van der Waals surface area contributed by atoms with Crippen molar-refractivity contribution in [3.8, 4) is 11.4 Å². The van der Waals surface area contributed by atoms with Gasteiger partial charge in [0.05, 0.1) is 5.92 Å². The zero-order valence-corrected chi connectivity index (χ0v) is 12.7. The number of rotatable bonds is 6. The molecule has 0 radical (unpaired) electrons. The lowest BCUT2D eigenvalue weighted by Crippen LogP contribution is -2.31. The predicted octanol–water partition coefficient (Wildman–Crippen LogP) is 3.54. The second kappa shape index (κ2) is 6.66.